The van der Waals surface area contributed by atoms with Crippen LogP contribution >= 0.6 is 0 Å². The Balaban J connectivity index is 3.17. The van der Waals surface area contributed by atoms with E-state index in [0.717, 1.165) is 0 Å². The second-order valence-corrected chi connectivity index (χ2v) is 5.15. The highest BCUT2D eigenvalue weighted by molar-refractivity contribution is 7.89. The molecule has 0 aromatic heterocycles. The van der Waals surface area contributed by atoms with Gasteiger partial charge in [0.2, 0.25) is 10.0 Å². The molecule has 0 unspecified atom stereocenters. The molecule has 0 heterocycles. The predicted molar refractivity (Wildman–Crippen MR) is 61.0 cm³/mol. The topological polar surface area (TPSA) is 98.2 Å². The first-order valence-electron chi connectivity index (χ1n) is 4.49. The molecule has 1 aromatic rings. The highest BCUT2D eigenvalue weighted by Gasteiger charge is 2.10. The van der Waals surface area contributed by atoms with E-state index in [2.05, 4.69) is 5.32 Å². The van der Waals surface area contributed by atoms with Crippen molar-refractivity contribution in [1.29, 1.82) is 0 Å². The Hall–Kier alpha value is -1.27. The summed E-state index contributed by atoms with van der Waals surface area (Å²) < 4.78 is 22.2. The van der Waals surface area contributed by atoms with Gasteiger partial charge < -0.3 is 11.1 Å². The predicted octanol–water partition coefficient (Wildman–Crippen LogP) is 0.737. The average molecular weight is 229 g/mol. The van der Waals surface area contributed by atoms with E-state index in [0.29, 0.717) is 11.4 Å². The molecule has 0 amide bonds. The molecular weight excluding hydrogens is 214 g/mol. The summed E-state index contributed by atoms with van der Waals surface area (Å²) in [6, 6.07) is 4.51. The standard InChI is InChI=1S/C9H15N3O2S/c1-6(2)12-9-5-7(15(11,13)14)3-4-8(9)10/h3-6,12H,10H2,1-2H3,(H2,11,13,14). The van der Waals surface area contributed by atoms with Crippen molar-refractivity contribution < 1.29 is 8.42 Å². The van der Waals surface area contributed by atoms with Crippen molar-refractivity contribution in [3.63, 3.8) is 0 Å². The van der Waals surface area contributed by atoms with Gasteiger partial charge in [0.1, 0.15) is 0 Å². The number of hydrogen-bond acceptors (Lipinski definition) is 4. The molecule has 0 aliphatic rings. The fourth-order valence-electron chi connectivity index (χ4n) is 1.15. The molecule has 1 rings (SSSR count). The van der Waals surface area contributed by atoms with Crippen molar-refractivity contribution in [3.05, 3.63) is 18.2 Å². The lowest BCUT2D eigenvalue weighted by Crippen LogP contribution is -2.15. The number of hydrogen-bond donors (Lipinski definition) is 3. The molecule has 5 N–H and O–H groups in total. The second kappa shape index (κ2) is 4.08. The minimum absolute atomic E-state index is 0.0554. The summed E-state index contributed by atoms with van der Waals surface area (Å²) in [6.45, 7) is 3.87. The monoisotopic (exact) mass is 229 g/mol. The third-order valence-corrected chi connectivity index (χ3v) is 2.71. The Labute approximate surface area is 89.5 Å². The Morgan fingerprint density at radius 2 is 1.93 bits per heavy atom. The number of benzene rings is 1. The largest absolute Gasteiger partial charge is 0.397 e. The SMILES string of the molecule is CC(C)Nc1cc(S(N)(=O)=O)ccc1N. The molecule has 0 saturated heterocycles. The van der Waals surface area contributed by atoms with E-state index < -0.39 is 10.0 Å². The summed E-state index contributed by atoms with van der Waals surface area (Å²) in [4.78, 5) is 0.0554. The molecule has 6 heteroatoms. The Morgan fingerprint density at radius 3 is 2.40 bits per heavy atom. The van der Waals surface area contributed by atoms with Gasteiger partial charge in [0.25, 0.3) is 0 Å². The normalized spacial score (nSPS) is 11.7. The number of primary sulfonamides is 1. The lowest BCUT2D eigenvalue weighted by atomic mass is 10.2. The summed E-state index contributed by atoms with van der Waals surface area (Å²) in [7, 11) is -3.67. The number of nitrogens with two attached hydrogens (primary N) is 2. The number of rotatable bonds is 3. The van der Waals surface area contributed by atoms with Crippen LogP contribution in [-0.4, -0.2) is 14.5 Å². The van der Waals surface area contributed by atoms with Gasteiger partial charge in [-0.3, -0.25) is 0 Å². The average Bonchev–Trinajstić information content (AvgIpc) is 2.06. The molecule has 84 valence electrons. The smallest absolute Gasteiger partial charge is 0.238 e. The third kappa shape index (κ3) is 3.10. The number of nitrogen functional groups attached to an aromatic ring is 1. The van der Waals surface area contributed by atoms with E-state index in [9.17, 15) is 8.42 Å². The summed E-state index contributed by atoms with van der Waals surface area (Å²) in [5.74, 6) is 0. The maximum absolute atomic E-state index is 11.1. The lowest BCUT2D eigenvalue weighted by molar-refractivity contribution is 0.598. The number of sulfonamides is 1. The minimum Gasteiger partial charge on any atom is -0.397 e. The van der Waals surface area contributed by atoms with Crippen molar-refractivity contribution in [1.82, 2.24) is 0 Å². The quantitative estimate of drug-likeness (QED) is 0.666. The van der Waals surface area contributed by atoms with Crippen molar-refractivity contribution in [2.45, 2.75) is 24.8 Å². The van der Waals surface area contributed by atoms with E-state index in [4.69, 9.17) is 10.9 Å². The molecule has 0 aliphatic carbocycles. The van der Waals surface area contributed by atoms with Crippen molar-refractivity contribution in [3.8, 4) is 0 Å². The van der Waals surface area contributed by atoms with Gasteiger partial charge >= 0.3 is 0 Å². The van der Waals surface area contributed by atoms with E-state index >= 15 is 0 Å². The van der Waals surface area contributed by atoms with Gasteiger partial charge in [0, 0.05) is 6.04 Å². The fourth-order valence-corrected chi connectivity index (χ4v) is 1.69. The van der Waals surface area contributed by atoms with Crippen LogP contribution in [0.5, 0.6) is 0 Å². The van der Waals surface area contributed by atoms with Gasteiger partial charge in [-0.1, -0.05) is 0 Å². The highest BCUT2D eigenvalue weighted by Crippen LogP contribution is 2.22. The van der Waals surface area contributed by atoms with Crippen LogP contribution in [0.2, 0.25) is 0 Å². The number of nitrogens with one attached hydrogen (secondary N) is 1. The summed E-state index contributed by atoms with van der Waals surface area (Å²) in [6.07, 6.45) is 0. The van der Waals surface area contributed by atoms with E-state index in [1.165, 1.54) is 18.2 Å². The van der Waals surface area contributed by atoms with Crippen LogP contribution < -0.4 is 16.2 Å². The maximum atomic E-state index is 11.1. The van der Waals surface area contributed by atoms with Gasteiger partial charge in [0.05, 0.1) is 16.3 Å². The van der Waals surface area contributed by atoms with Gasteiger partial charge in [0.15, 0.2) is 0 Å². The van der Waals surface area contributed by atoms with Gasteiger partial charge in [-0.25, -0.2) is 13.6 Å². The third-order valence-electron chi connectivity index (χ3n) is 1.80. The van der Waals surface area contributed by atoms with Crippen LogP contribution in [0.25, 0.3) is 0 Å². The second-order valence-electron chi connectivity index (χ2n) is 3.59. The zero-order valence-electron chi connectivity index (χ0n) is 8.69. The highest BCUT2D eigenvalue weighted by atomic mass is 32.2. The number of anilines is 2. The first-order valence-corrected chi connectivity index (χ1v) is 6.04. The van der Waals surface area contributed by atoms with Crippen LogP contribution in [0.3, 0.4) is 0 Å². The molecule has 1 aromatic carbocycles. The van der Waals surface area contributed by atoms with Crippen LogP contribution in [-0.2, 0) is 10.0 Å². The van der Waals surface area contributed by atoms with Crippen LogP contribution in [0.15, 0.2) is 23.1 Å². The molecule has 0 aliphatic heterocycles. The zero-order chi connectivity index (χ0) is 11.6. The molecule has 0 fully saturated rings. The fraction of sp³-hybridized carbons (Fsp3) is 0.333. The van der Waals surface area contributed by atoms with E-state index in [-0.39, 0.29) is 10.9 Å². The Bertz CT molecular complexity index is 454. The van der Waals surface area contributed by atoms with Crippen molar-refractivity contribution in [2.24, 2.45) is 5.14 Å². The maximum Gasteiger partial charge on any atom is 0.238 e. The molecule has 0 atom stereocenters. The lowest BCUT2D eigenvalue weighted by Gasteiger charge is -2.13. The molecule has 0 radical (unpaired) electrons. The Kier molecular flexibility index (Phi) is 3.21. The van der Waals surface area contributed by atoms with E-state index in [1.54, 1.807) is 0 Å². The van der Waals surface area contributed by atoms with Crippen LogP contribution in [0.1, 0.15) is 13.8 Å². The minimum atomic E-state index is -3.67. The van der Waals surface area contributed by atoms with Crippen molar-refractivity contribution in [2.75, 3.05) is 11.1 Å². The van der Waals surface area contributed by atoms with E-state index in [1.807, 2.05) is 13.8 Å². The first-order chi connectivity index (χ1) is 6.80. The Morgan fingerprint density at radius 1 is 1.33 bits per heavy atom. The van der Waals surface area contributed by atoms with Gasteiger partial charge in [-0.15, -0.1) is 0 Å². The zero-order valence-corrected chi connectivity index (χ0v) is 9.51. The van der Waals surface area contributed by atoms with Gasteiger partial charge in [-0.2, -0.15) is 0 Å². The van der Waals surface area contributed by atoms with Crippen molar-refractivity contribution >= 4 is 21.4 Å². The molecular formula is C9H15N3O2S. The molecule has 0 bridgehead atoms. The van der Waals surface area contributed by atoms with Crippen LogP contribution in [0, 0.1) is 0 Å². The molecule has 0 spiro atoms. The molecule has 15 heavy (non-hydrogen) atoms. The van der Waals surface area contributed by atoms with Gasteiger partial charge in [-0.05, 0) is 32.0 Å². The summed E-state index contributed by atoms with van der Waals surface area (Å²) in [5.41, 5.74) is 6.76. The molecule has 5 nitrogen and oxygen atoms in total. The summed E-state index contributed by atoms with van der Waals surface area (Å²) >= 11 is 0. The first kappa shape index (κ1) is 11.8. The molecule has 0 saturated carbocycles. The summed E-state index contributed by atoms with van der Waals surface area (Å²) in [5, 5.41) is 8.05. The van der Waals surface area contributed by atoms with Crippen LogP contribution in [0.4, 0.5) is 11.4 Å².